The fourth-order valence-electron chi connectivity index (χ4n) is 4.09. The van der Waals surface area contributed by atoms with Gasteiger partial charge in [-0.05, 0) is 57.4 Å². The van der Waals surface area contributed by atoms with Crippen LogP contribution in [0.15, 0.2) is 0 Å². The number of nitrogens with zero attached hydrogens (tertiary/aromatic N) is 1. The number of carboxylic acid groups (broad SMARTS) is 1. The molecule has 3 nitrogen and oxygen atoms in total. The molecule has 2 rings (SSSR count). The second-order valence-electron chi connectivity index (χ2n) is 6.70. The van der Waals surface area contributed by atoms with Gasteiger partial charge in [-0.15, -0.1) is 0 Å². The molecule has 110 valence electrons. The minimum atomic E-state index is -0.579. The monoisotopic (exact) mass is 267 g/mol. The predicted molar refractivity (Wildman–Crippen MR) is 77.1 cm³/mol. The van der Waals surface area contributed by atoms with E-state index < -0.39 is 5.97 Å². The second-order valence-corrected chi connectivity index (χ2v) is 6.70. The van der Waals surface area contributed by atoms with Gasteiger partial charge in [-0.3, -0.25) is 9.69 Å². The molecule has 5 atom stereocenters. The van der Waals surface area contributed by atoms with Crippen molar-refractivity contribution in [2.24, 2.45) is 17.8 Å². The SMILES string of the molecule is CCC1CCC(C(=O)O)C(N2CCCC(C)C2C)C1. The summed E-state index contributed by atoms with van der Waals surface area (Å²) in [6, 6.07) is 0.810. The van der Waals surface area contributed by atoms with E-state index in [0.29, 0.717) is 12.0 Å². The molecule has 2 fully saturated rings. The molecule has 2 aliphatic rings. The first kappa shape index (κ1) is 14.8. The third kappa shape index (κ3) is 3.13. The molecule has 0 amide bonds. The van der Waals surface area contributed by atoms with Crippen molar-refractivity contribution < 1.29 is 9.90 Å². The van der Waals surface area contributed by atoms with Gasteiger partial charge in [0.05, 0.1) is 5.92 Å². The van der Waals surface area contributed by atoms with Crippen molar-refractivity contribution in [1.82, 2.24) is 4.90 Å². The molecule has 5 unspecified atom stereocenters. The first-order chi connectivity index (χ1) is 9.04. The molecule has 1 saturated carbocycles. The summed E-state index contributed by atoms with van der Waals surface area (Å²) in [6.07, 6.45) is 6.77. The molecule has 1 aliphatic heterocycles. The van der Waals surface area contributed by atoms with Crippen LogP contribution < -0.4 is 0 Å². The number of hydrogen-bond donors (Lipinski definition) is 1. The summed E-state index contributed by atoms with van der Waals surface area (Å²) in [5.41, 5.74) is 0. The Labute approximate surface area is 117 Å². The second kappa shape index (κ2) is 6.25. The van der Waals surface area contributed by atoms with Crippen LogP contribution in [-0.4, -0.2) is 34.6 Å². The van der Waals surface area contributed by atoms with Gasteiger partial charge in [0.2, 0.25) is 0 Å². The summed E-state index contributed by atoms with van der Waals surface area (Å²) in [6.45, 7) is 7.94. The Morgan fingerprint density at radius 1 is 1.26 bits per heavy atom. The molecule has 1 heterocycles. The smallest absolute Gasteiger partial charge is 0.308 e. The Balaban J connectivity index is 2.13. The topological polar surface area (TPSA) is 40.5 Å². The zero-order chi connectivity index (χ0) is 14.0. The fraction of sp³-hybridized carbons (Fsp3) is 0.938. The van der Waals surface area contributed by atoms with Crippen molar-refractivity contribution >= 4 is 5.97 Å². The number of rotatable bonds is 3. The highest BCUT2D eigenvalue weighted by Crippen LogP contribution is 2.37. The number of hydrogen-bond acceptors (Lipinski definition) is 2. The van der Waals surface area contributed by atoms with Crippen LogP contribution >= 0.6 is 0 Å². The Morgan fingerprint density at radius 2 is 2.00 bits per heavy atom. The first-order valence-corrected chi connectivity index (χ1v) is 8.03. The van der Waals surface area contributed by atoms with Gasteiger partial charge in [0, 0.05) is 12.1 Å². The third-order valence-corrected chi connectivity index (χ3v) is 5.67. The number of likely N-dealkylation sites (tertiary alicyclic amines) is 1. The van der Waals surface area contributed by atoms with E-state index in [1.807, 2.05) is 0 Å². The lowest BCUT2D eigenvalue weighted by atomic mass is 9.75. The molecule has 0 radical (unpaired) electrons. The van der Waals surface area contributed by atoms with Crippen LogP contribution in [0.4, 0.5) is 0 Å². The molecule has 0 bridgehead atoms. The Kier molecular flexibility index (Phi) is 4.88. The van der Waals surface area contributed by atoms with Crippen molar-refractivity contribution in [3.05, 3.63) is 0 Å². The fourth-order valence-corrected chi connectivity index (χ4v) is 4.09. The molecule has 3 heteroatoms. The van der Waals surface area contributed by atoms with Gasteiger partial charge >= 0.3 is 5.97 Å². The highest BCUT2D eigenvalue weighted by atomic mass is 16.4. The molecule has 19 heavy (non-hydrogen) atoms. The molecule has 0 spiro atoms. The van der Waals surface area contributed by atoms with E-state index in [1.54, 1.807) is 0 Å². The maximum atomic E-state index is 11.6. The third-order valence-electron chi connectivity index (χ3n) is 5.67. The lowest BCUT2D eigenvalue weighted by molar-refractivity contribution is -0.147. The van der Waals surface area contributed by atoms with Crippen LogP contribution in [-0.2, 0) is 4.79 Å². The van der Waals surface area contributed by atoms with Crippen molar-refractivity contribution in [2.75, 3.05) is 6.54 Å². The number of piperidine rings is 1. The quantitative estimate of drug-likeness (QED) is 0.852. The van der Waals surface area contributed by atoms with Crippen LogP contribution in [0.1, 0.15) is 59.3 Å². The van der Waals surface area contributed by atoms with Gasteiger partial charge in [-0.1, -0.05) is 20.3 Å². The lowest BCUT2D eigenvalue weighted by Gasteiger charge is -2.47. The van der Waals surface area contributed by atoms with E-state index in [9.17, 15) is 9.90 Å². The van der Waals surface area contributed by atoms with Crippen LogP contribution in [0, 0.1) is 17.8 Å². The first-order valence-electron chi connectivity index (χ1n) is 8.03. The molecule has 0 aromatic carbocycles. The van der Waals surface area contributed by atoms with E-state index in [4.69, 9.17) is 0 Å². The normalized spacial score (nSPS) is 41.1. The summed E-state index contributed by atoms with van der Waals surface area (Å²) in [4.78, 5) is 14.1. The van der Waals surface area contributed by atoms with E-state index in [2.05, 4.69) is 25.7 Å². The average Bonchev–Trinajstić information content (AvgIpc) is 2.41. The summed E-state index contributed by atoms with van der Waals surface area (Å²) in [7, 11) is 0. The molecule has 0 aromatic rings. The molecule has 1 aliphatic carbocycles. The molecule has 1 saturated heterocycles. The zero-order valence-electron chi connectivity index (χ0n) is 12.6. The number of aliphatic carboxylic acids is 1. The molecular formula is C16H29NO2. The minimum absolute atomic E-state index is 0.143. The van der Waals surface area contributed by atoms with E-state index in [-0.39, 0.29) is 12.0 Å². The van der Waals surface area contributed by atoms with Crippen LogP contribution in [0.25, 0.3) is 0 Å². The maximum absolute atomic E-state index is 11.6. The van der Waals surface area contributed by atoms with Crippen molar-refractivity contribution in [2.45, 2.75) is 71.4 Å². The van der Waals surface area contributed by atoms with Gasteiger partial charge < -0.3 is 5.11 Å². The van der Waals surface area contributed by atoms with Crippen molar-refractivity contribution in [1.29, 1.82) is 0 Å². The van der Waals surface area contributed by atoms with E-state index >= 15 is 0 Å². The van der Waals surface area contributed by atoms with Gasteiger partial charge in [0.15, 0.2) is 0 Å². The summed E-state index contributed by atoms with van der Waals surface area (Å²) >= 11 is 0. The summed E-state index contributed by atoms with van der Waals surface area (Å²) < 4.78 is 0. The zero-order valence-corrected chi connectivity index (χ0v) is 12.6. The van der Waals surface area contributed by atoms with Gasteiger partial charge in [0.25, 0.3) is 0 Å². The minimum Gasteiger partial charge on any atom is -0.481 e. The predicted octanol–water partition coefficient (Wildman–Crippen LogP) is 3.39. The van der Waals surface area contributed by atoms with Crippen molar-refractivity contribution in [3.8, 4) is 0 Å². The van der Waals surface area contributed by atoms with Crippen LogP contribution in [0.5, 0.6) is 0 Å². The van der Waals surface area contributed by atoms with Crippen molar-refractivity contribution in [3.63, 3.8) is 0 Å². The van der Waals surface area contributed by atoms with Gasteiger partial charge in [-0.25, -0.2) is 0 Å². The standard InChI is InChI=1S/C16H29NO2/c1-4-13-7-8-14(16(18)19)15(10-13)17-9-5-6-11(2)12(17)3/h11-15H,4-10H2,1-3H3,(H,18,19). The summed E-state index contributed by atoms with van der Waals surface area (Å²) in [5, 5.41) is 9.52. The Hall–Kier alpha value is -0.570. The maximum Gasteiger partial charge on any atom is 0.308 e. The van der Waals surface area contributed by atoms with E-state index in [0.717, 1.165) is 31.7 Å². The Morgan fingerprint density at radius 3 is 2.63 bits per heavy atom. The number of carbonyl (C=O) groups is 1. The largest absolute Gasteiger partial charge is 0.481 e. The number of carboxylic acids is 1. The van der Waals surface area contributed by atoms with Crippen LogP contribution in [0.2, 0.25) is 0 Å². The molecular weight excluding hydrogens is 238 g/mol. The van der Waals surface area contributed by atoms with E-state index in [1.165, 1.54) is 19.3 Å². The molecule has 1 N–H and O–H groups in total. The van der Waals surface area contributed by atoms with Gasteiger partial charge in [0.1, 0.15) is 0 Å². The summed E-state index contributed by atoms with van der Waals surface area (Å²) in [5.74, 6) is 0.704. The molecule has 0 aromatic heterocycles. The van der Waals surface area contributed by atoms with Gasteiger partial charge in [-0.2, -0.15) is 0 Å². The van der Waals surface area contributed by atoms with Crippen LogP contribution in [0.3, 0.4) is 0 Å². The average molecular weight is 267 g/mol. The highest BCUT2D eigenvalue weighted by Gasteiger charge is 2.41. The highest BCUT2D eigenvalue weighted by molar-refractivity contribution is 5.71. The Bertz CT molecular complexity index is 318. The lowest BCUT2D eigenvalue weighted by Crippen LogP contribution is -2.54.